The first-order chi connectivity index (χ1) is 13.8. The van der Waals surface area contributed by atoms with E-state index in [1.54, 1.807) is 4.90 Å². The molecule has 0 spiro atoms. The van der Waals surface area contributed by atoms with Crippen molar-refractivity contribution in [2.24, 2.45) is 5.41 Å². The summed E-state index contributed by atoms with van der Waals surface area (Å²) < 4.78 is 10.5. The van der Waals surface area contributed by atoms with Gasteiger partial charge in [-0.15, -0.1) is 0 Å². The van der Waals surface area contributed by atoms with Gasteiger partial charge in [-0.2, -0.15) is 5.26 Å². The van der Waals surface area contributed by atoms with Crippen LogP contribution in [0.1, 0.15) is 98.8 Å². The van der Waals surface area contributed by atoms with Crippen molar-refractivity contribution >= 4 is 11.9 Å². The minimum atomic E-state index is -0.237. The molecule has 0 bridgehead atoms. The first-order valence-corrected chi connectivity index (χ1v) is 11.2. The fraction of sp³-hybridized carbons (Fsp3) is 0.870. The monoisotopic (exact) mass is 410 g/mol. The highest BCUT2D eigenvalue weighted by Crippen LogP contribution is 2.32. The van der Waals surface area contributed by atoms with Crippen LogP contribution in [-0.2, 0) is 19.1 Å². The third-order valence-electron chi connectivity index (χ3n) is 5.25. The topological polar surface area (TPSA) is 79.6 Å². The van der Waals surface area contributed by atoms with Gasteiger partial charge in [-0.05, 0) is 39.0 Å². The first-order valence-electron chi connectivity index (χ1n) is 11.2. The summed E-state index contributed by atoms with van der Waals surface area (Å²) in [5.74, 6) is -0.366. The largest absolute Gasteiger partial charge is 0.466 e. The van der Waals surface area contributed by atoms with Crippen LogP contribution in [0.4, 0.5) is 0 Å². The number of esters is 2. The maximum Gasteiger partial charge on any atom is 0.305 e. The van der Waals surface area contributed by atoms with Gasteiger partial charge in [-0.3, -0.25) is 9.59 Å². The van der Waals surface area contributed by atoms with Gasteiger partial charge < -0.3 is 14.4 Å². The predicted molar refractivity (Wildman–Crippen MR) is 115 cm³/mol. The predicted octanol–water partition coefficient (Wildman–Crippen LogP) is 5.21. The Balaban J connectivity index is 4.21. The standard InChI is InChI=1S/C23H42N2O4/c1-6-8-16-23(4,5)21(29-20(3)26)14-13-18-25(19-24)17-12-10-9-11-15-22(27)28-7-2/h21H,6-18H2,1-5H3. The van der Waals surface area contributed by atoms with E-state index in [2.05, 4.69) is 27.0 Å². The molecule has 0 aliphatic carbocycles. The van der Waals surface area contributed by atoms with E-state index in [-0.39, 0.29) is 23.5 Å². The van der Waals surface area contributed by atoms with Crippen LogP contribution in [0.5, 0.6) is 0 Å². The zero-order valence-corrected chi connectivity index (χ0v) is 19.3. The van der Waals surface area contributed by atoms with Gasteiger partial charge in [0.2, 0.25) is 0 Å². The molecule has 0 fully saturated rings. The zero-order valence-electron chi connectivity index (χ0n) is 19.3. The normalized spacial score (nSPS) is 12.1. The Morgan fingerprint density at radius 1 is 1.03 bits per heavy atom. The number of unbranched alkanes of at least 4 members (excludes halogenated alkanes) is 4. The lowest BCUT2D eigenvalue weighted by atomic mass is 9.79. The highest BCUT2D eigenvalue weighted by atomic mass is 16.5. The third kappa shape index (κ3) is 13.9. The summed E-state index contributed by atoms with van der Waals surface area (Å²) >= 11 is 0. The maximum atomic E-state index is 11.5. The van der Waals surface area contributed by atoms with Crippen LogP contribution in [0, 0.1) is 16.9 Å². The number of carbonyl (C=O) groups excluding carboxylic acids is 2. The average Bonchev–Trinajstić information content (AvgIpc) is 2.66. The number of nitrogens with zero attached hydrogens (tertiary/aromatic N) is 2. The number of nitriles is 1. The second kappa shape index (κ2) is 16.1. The Kier molecular flexibility index (Phi) is 15.1. The molecule has 6 heteroatoms. The van der Waals surface area contributed by atoms with Gasteiger partial charge in [-0.25, -0.2) is 0 Å². The van der Waals surface area contributed by atoms with E-state index in [9.17, 15) is 14.9 Å². The van der Waals surface area contributed by atoms with E-state index >= 15 is 0 Å². The highest BCUT2D eigenvalue weighted by Gasteiger charge is 2.31. The molecule has 0 rings (SSSR count). The third-order valence-corrected chi connectivity index (χ3v) is 5.25. The van der Waals surface area contributed by atoms with E-state index in [1.165, 1.54) is 6.92 Å². The Bertz CT molecular complexity index is 500. The maximum absolute atomic E-state index is 11.5. The fourth-order valence-corrected chi connectivity index (χ4v) is 3.44. The molecular formula is C23H42N2O4. The lowest BCUT2D eigenvalue weighted by molar-refractivity contribution is -0.153. The number of hydrogen-bond acceptors (Lipinski definition) is 6. The van der Waals surface area contributed by atoms with E-state index in [0.29, 0.717) is 19.6 Å². The Morgan fingerprint density at radius 3 is 2.28 bits per heavy atom. The molecule has 6 nitrogen and oxygen atoms in total. The summed E-state index contributed by atoms with van der Waals surface area (Å²) in [7, 11) is 0. The van der Waals surface area contributed by atoms with Crippen LogP contribution in [-0.4, -0.2) is 42.6 Å². The molecule has 0 saturated carbocycles. The van der Waals surface area contributed by atoms with Gasteiger partial charge >= 0.3 is 11.9 Å². The van der Waals surface area contributed by atoms with E-state index < -0.39 is 0 Å². The average molecular weight is 411 g/mol. The van der Waals surface area contributed by atoms with Crippen LogP contribution in [0.15, 0.2) is 0 Å². The molecule has 0 aliphatic heterocycles. The van der Waals surface area contributed by atoms with Crippen molar-refractivity contribution in [3.05, 3.63) is 0 Å². The molecule has 0 aromatic heterocycles. The van der Waals surface area contributed by atoms with Gasteiger partial charge in [0.25, 0.3) is 0 Å². The summed E-state index contributed by atoms with van der Waals surface area (Å²) in [6.45, 7) is 11.6. The van der Waals surface area contributed by atoms with Gasteiger partial charge in [0, 0.05) is 31.8 Å². The molecule has 0 saturated heterocycles. The molecule has 0 aromatic rings. The van der Waals surface area contributed by atoms with Crippen molar-refractivity contribution in [3.8, 4) is 6.19 Å². The zero-order chi connectivity index (χ0) is 22.1. The van der Waals surface area contributed by atoms with E-state index in [1.807, 2.05) is 6.92 Å². The molecular weight excluding hydrogens is 368 g/mol. The van der Waals surface area contributed by atoms with Gasteiger partial charge in [0.05, 0.1) is 6.61 Å². The van der Waals surface area contributed by atoms with Crippen LogP contribution < -0.4 is 0 Å². The molecule has 1 atom stereocenters. The van der Waals surface area contributed by atoms with E-state index in [4.69, 9.17) is 9.47 Å². The van der Waals surface area contributed by atoms with Gasteiger partial charge in [-0.1, -0.05) is 46.5 Å². The van der Waals surface area contributed by atoms with Crippen molar-refractivity contribution in [1.29, 1.82) is 5.26 Å². The van der Waals surface area contributed by atoms with Crippen molar-refractivity contribution in [2.75, 3.05) is 19.7 Å². The molecule has 1 unspecified atom stereocenters. The molecule has 29 heavy (non-hydrogen) atoms. The molecule has 0 amide bonds. The lowest BCUT2D eigenvalue weighted by Gasteiger charge is -2.34. The van der Waals surface area contributed by atoms with Crippen LogP contribution >= 0.6 is 0 Å². The van der Waals surface area contributed by atoms with Crippen LogP contribution in [0.2, 0.25) is 0 Å². The minimum Gasteiger partial charge on any atom is -0.466 e. The summed E-state index contributed by atoms with van der Waals surface area (Å²) in [6, 6.07) is 0. The van der Waals surface area contributed by atoms with Crippen LogP contribution in [0.25, 0.3) is 0 Å². The molecule has 0 heterocycles. The molecule has 0 aromatic carbocycles. The van der Waals surface area contributed by atoms with Gasteiger partial charge in [0.1, 0.15) is 6.10 Å². The Labute approximate surface area is 177 Å². The van der Waals surface area contributed by atoms with Crippen LogP contribution in [0.3, 0.4) is 0 Å². The van der Waals surface area contributed by atoms with Crippen molar-refractivity contribution in [3.63, 3.8) is 0 Å². The van der Waals surface area contributed by atoms with Crippen molar-refractivity contribution in [2.45, 2.75) is 105 Å². The lowest BCUT2D eigenvalue weighted by Crippen LogP contribution is -2.34. The molecule has 0 aliphatic rings. The smallest absolute Gasteiger partial charge is 0.305 e. The summed E-state index contributed by atoms with van der Waals surface area (Å²) in [4.78, 5) is 24.6. The fourth-order valence-electron chi connectivity index (χ4n) is 3.44. The summed E-state index contributed by atoms with van der Waals surface area (Å²) in [5, 5.41) is 9.38. The molecule has 168 valence electrons. The van der Waals surface area contributed by atoms with E-state index in [0.717, 1.165) is 64.3 Å². The quantitative estimate of drug-likeness (QED) is 0.142. The Hall–Kier alpha value is -1.77. The Morgan fingerprint density at radius 2 is 1.69 bits per heavy atom. The minimum absolute atomic E-state index is 0.0575. The second-order valence-electron chi connectivity index (χ2n) is 8.39. The van der Waals surface area contributed by atoms with Crippen molar-refractivity contribution < 1.29 is 19.1 Å². The molecule has 0 radical (unpaired) electrons. The number of hydrogen-bond donors (Lipinski definition) is 0. The number of carbonyl (C=O) groups is 2. The second-order valence-corrected chi connectivity index (χ2v) is 8.39. The first kappa shape index (κ1) is 27.2. The number of ether oxygens (including phenoxy) is 2. The SMILES string of the molecule is CCCCC(C)(C)C(CCCN(C#N)CCCCCCC(=O)OCC)OC(C)=O. The summed E-state index contributed by atoms with van der Waals surface area (Å²) in [5.41, 5.74) is -0.0575. The van der Waals surface area contributed by atoms with Crippen molar-refractivity contribution in [1.82, 2.24) is 4.90 Å². The van der Waals surface area contributed by atoms with Gasteiger partial charge in [0.15, 0.2) is 6.19 Å². The number of rotatable bonds is 17. The highest BCUT2D eigenvalue weighted by molar-refractivity contribution is 5.69. The summed E-state index contributed by atoms with van der Waals surface area (Å²) in [6.07, 6.45) is 11.2. The molecule has 0 N–H and O–H groups in total.